The van der Waals surface area contributed by atoms with Crippen LogP contribution in [0.3, 0.4) is 0 Å². The van der Waals surface area contributed by atoms with Crippen LogP contribution in [0.25, 0.3) is 0 Å². The second-order valence-corrected chi connectivity index (χ2v) is 5.90. The Morgan fingerprint density at radius 1 is 1.32 bits per heavy atom. The number of aryl methyl sites for hydroxylation is 3. The van der Waals surface area contributed by atoms with Gasteiger partial charge in [-0.3, -0.25) is 4.79 Å². The molecule has 1 aromatic heterocycles. The van der Waals surface area contributed by atoms with Gasteiger partial charge in [0.1, 0.15) is 0 Å². The number of nitrogens with one attached hydrogen (secondary N) is 1. The number of carbonyl (C=O) groups is 1. The number of nitrogen functional groups attached to an aromatic ring is 1. The van der Waals surface area contributed by atoms with Gasteiger partial charge in [-0.25, -0.2) is 4.98 Å². The zero-order valence-electron chi connectivity index (χ0n) is 12.6. The minimum Gasteiger partial charge on any atom is -0.399 e. The zero-order chi connectivity index (χ0) is 14.5. The van der Waals surface area contributed by atoms with E-state index in [1.54, 1.807) is 17.4 Å². The SMILES string of the molecule is Cc1nc(CCCC(=O)Nc2cc(N)ccc2C)cs1.Cl.Cl. The molecule has 0 aliphatic carbocycles. The van der Waals surface area contributed by atoms with Gasteiger partial charge in [0.15, 0.2) is 0 Å². The van der Waals surface area contributed by atoms with E-state index in [1.165, 1.54) is 0 Å². The van der Waals surface area contributed by atoms with E-state index in [9.17, 15) is 4.79 Å². The lowest BCUT2D eigenvalue weighted by Gasteiger charge is -2.09. The quantitative estimate of drug-likeness (QED) is 0.786. The zero-order valence-corrected chi connectivity index (χ0v) is 15.0. The Morgan fingerprint density at radius 2 is 2.05 bits per heavy atom. The van der Waals surface area contributed by atoms with Gasteiger partial charge < -0.3 is 11.1 Å². The Bertz CT molecular complexity index is 617. The van der Waals surface area contributed by atoms with Crippen molar-refractivity contribution in [2.75, 3.05) is 11.1 Å². The van der Waals surface area contributed by atoms with E-state index in [0.29, 0.717) is 12.1 Å². The van der Waals surface area contributed by atoms with Gasteiger partial charge in [-0.1, -0.05) is 6.07 Å². The van der Waals surface area contributed by atoms with Crippen molar-refractivity contribution >= 4 is 53.4 Å². The molecule has 0 unspecified atom stereocenters. The van der Waals surface area contributed by atoms with Gasteiger partial charge in [0.25, 0.3) is 0 Å². The number of hydrogen-bond donors (Lipinski definition) is 2. The molecule has 3 N–H and O–H groups in total. The van der Waals surface area contributed by atoms with Crippen molar-refractivity contribution in [2.45, 2.75) is 33.1 Å². The third-order valence-electron chi connectivity index (χ3n) is 3.04. The summed E-state index contributed by atoms with van der Waals surface area (Å²) in [5.74, 6) is 0.0191. The van der Waals surface area contributed by atoms with Crippen molar-refractivity contribution in [2.24, 2.45) is 0 Å². The number of rotatable bonds is 5. The first-order valence-electron chi connectivity index (χ1n) is 6.61. The van der Waals surface area contributed by atoms with Crippen LogP contribution in [0.1, 0.15) is 29.1 Å². The highest BCUT2D eigenvalue weighted by Crippen LogP contribution is 2.18. The number of hydrogen-bond acceptors (Lipinski definition) is 4. The molecule has 0 aliphatic heterocycles. The predicted octanol–water partition coefficient (Wildman–Crippen LogP) is 4.15. The summed E-state index contributed by atoms with van der Waals surface area (Å²) < 4.78 is 0. The van der Waals surface area contributed by atoms with Gasteiger partial charge in [0, 0.05) is 23.2 Å². The fraction of sp³-hybridized carbons (Fsp3) is 0.333. The monoisotopic (exact) mass is 361 g/mol. The maximum atomic E-state index is 11.9. The molecular formula is C15H21Cl2N3OS. The molecular weight excluding hydrogens is 341 g/mol. The number of nitrogens with two attached hydrogens (primary N) is 1. The number of thiazole rings is 1. The molecule has 0 spiro atoms. The maximum Gasteiger partial charge on any atom is 0.224 e. The number of halogens is 2. The van der Waals surface area contributed by atoms with Crippen LogP contribution in [0, 0.1) is 13.8 Å². The normalized spacial score (nSPS) is 9.55. The van der Waals surface area contributed by atoms with Crippen molar-refractivity contribution < 1.29 is 4.79 Å². The first-order valence-corrected chi connectivity index (χ1v) is 7.49. The number of nitrogens with zero attached hydrogens (tertiary/aromatic N) is 1. The fourth-order valence-electron chi connectivity index (χ4n) is 1.94. The number of benzene rings is 1. The van der Waals surface area contributed by atoms with E-state index in [4.69, 9.17) is 5.73 Å². The standard InChI is InChI=1S/C15H19N3OS.2ClH/c1-10-6-7-12(16)8-14(10)18-15(19)5-3-4-13-9-20-11(2)17-13;;/h6-9H,3-5,16H2,1-2H3,(H,18,19);2*1H. The summed E-state index contributed by atoms with van der Waals surface area (Å²) in [7, 11) is 0. The summed E-state index contributed by atoms with van der Waals surface area (Å²) in [6.45, 7) is 3.94. The Balaban J connectivity index is 0.00000220. The van der Waals surface area contributed by atoms with E-state index >= 15 is 0 Å². The molecule has 0 atom stereocenters. The average Bonchev–Trinajstić information content (AvgIpc) is 2.80. The smallest absolute Gasteiger partial charge is 0.224 e. The molecule has 1 heterocycles. The highest BCUT2D eigenvalue weighted by Gasteiger charge is 2.06. The lowest BCUT2D eigenvalue weighted by atomic mass is 10.1. The van der Waals surface area contributed by atoms with Crippen LogP contribution >= 0.6 is 36.2 Å². The van der Waals surface area contributed by atoms with Gasteiger partial charge in [-0.2, -0.15) is 0 Å². The molecule has 7 heteroatoms. The summed E-state index contributed by atoms with van der Waals surface area (Å²) >= 11 is 1.64. The Kier molecular flexibility index (Phi) is 9.09. The summed E-state index contributed by atoms with van der Waals surface area (Å²) in [5.41, 5.74) is 9.26. The van der Waals surface area contributed by atoms with Crippen LogP contribution in [0.5, 0.6) is 0 Å². The molecule has 0 saturated carbocycles. The molecule has 1 aromatic carbocycles. The Morgan fingerprint density at radius 3 is 2.68 bits per heavy atom. The third kappa shape index (κ3) is 6.22. The van der Waals surface area contributed by atoms with Crippen LogP contribution in [-0.2, 0) is 11.2 Å². The predicted molar refractivity (Wildman–Crippen MR) is 98.5 cm³/mol. The van der Waals surface area contributed by atoms with E-state index in [2.05, 4.69) is 15.7 Å². The first kappa shape index (κ1) is 20.7. The van der Waals surface area contributed by atoms with E-state index in [1.807, 2.05) is 26.0 Å². The largest absolute Gasteiger partial charge is 0.399 e. The van der Waals surface area contributed by atoms with Gasteiger partial charge in [-0.05, 0) is 44.4 Å². The third-order valence-corrected chi connectivity index (χ3v) is 3.86. The number of carbonyl (C=O) groups excluding carboxylic acids is 1. The summed E-state index contributed by atoms with van der Waals surface area (Å²) in [6.07, 6.45) is 2.13. The van der Waals surface area contributed by atoms with Crippen LogP contribution < -0.4 is 11.1 Å². The second-order valence-electron chi connectivity index (χ2n) is 4.83. The lowest BCUT2D eigenvalue weighted by Crippen LogP contribution is -2.12. The lowest BCUT2D eigenvalue weighted by molar-refractivity contribution is -0.116. The topological polar surface area (TPSA) is 68.0 Å². The van der Waals surface area contributed by atoms with Crippen molar-refractivity contribution in [3.8, 4) is 0 Å². The first-order chi connectivity index (χ1) is 9.54. The molecule has 22 heavy (non-hydrogen) atoms. The average molecular weight is 362 g/mol. The van der Waals surface area contributed by atoms with E-state index < -0.39 is 0 Å². The van der Waals surface area contributed by atoms with Crippen LogP contribution in [0.4, 0.5) is 11.4 Å². The highest BCUT2D eigenvalue weighted by molar-refractivity contribution is 7.09. The minimum atomic E-state index is 0. The molecule has 0 fully saturated rings. The number of anilines is 2. The molecule has 4 nitrogen and oxygen atoms in total. The number of aromatic nitrogens is 1. The van der Waals surface area contributed by atoms with Gasteiger partial charge in [0.05, 0.1) is 10.7 Å². The van der Waals surface area contributed by atoms with Gasteiger partial charge in [-0.15, -0.1) is 36.2 Å². The van der Waals surface area contributed by atoms with Crippen LogP contribution in [0.15, 0.2) is 23.6 Å². The van der Waals surface area contributed by atoms with E-state index in [-0.39, 0.29) is 30.7 Å². The number of amides is 1. The van der Waals surface area contributed by atoms with Crippen molar-refractivity contribution in [1.29, 1.82) is 0 Å². The highest BCUT2D eigenvalue weighted by atomic mass is 35.5. The van der Waals surface area contributed by atoms with Crippen molar-refractivity contribution in [3.63, 3.8) is 0 Å². The molecule has 122 valence electrons. The molecule has 1 amide bonds. The van der Waals surface area contributed by atoms with Crippen molar-refractivity contribution in [1.82, 2.24) is 4.98 Å². The molecule has 0 aliphatic rings. The van der Waals surface area contributed by atoms with E-state index in [0.717, 1.165) is 34.8 Å². The Hall–Kier alpha value is -1.30. The van der Waals surface area contributed by atoms with Crippen molar-refractivity contribution in [3.05, 3.63) is 39.8 Å². The maximum absolute atomic E-state index is 11.9. The summed E-state index contributed by atoms with van der Waals surface area (Å²) in [4.78, 5) is 16.3. The molecule has 0 bridgehead atoms. The Labute approximate surface area is 147 Å². The fourth-order valence-corrected chi connectivity index (χ4v) is 2.59. The molecule has 0 radical (unpaired) electrons. The summed E-state index contributed by atoms with van der Waals surface area (Å²) in [5, 5.41) is 6.03. The molecule has 2 rings (SSSR count). The van der Waals surface area contributed by atoms with Gasteiger partial charge in [0.2, 0.25) is 5.91 Å². The van der Waals surface area contributed by atoms with Gasteiger partial charge >= 0.3 is 0 Å². The minimum absolute atomic E-state index is 0. The summed E-state index contributed by atoms with van der Waals surface area (Å²) in [6, 6.07) is 5.52. The molecule has 2 aromatic rings. The second kappa shape index (κ2) is 9.66. The van der Waals surface area contributed by atoms with Crippen LogP contribution in [0.2, 0.25) is 0 Å². The molecule has 0 saturated heterocycles. The van der Waals surface area contributed by atoms with Crippen LogP contribution in [-0.4, -0.2) is 10.9 Å².